The molecule has 1 aliphatic rings. The third-order valence-electron chi connectivity index (χ3n) is 4.15. The van der Waals surface area contributed by atoms with Crippen molar-refractivity contribution in [1.29, 1.82) is 0 Å². The zero-order valence-corrected chi connectivity index (χ0v) is 13.8. The Kier molecular flexibility index (Phi) is 4.32. The van der Waals surface area contributed by atoms with E-state index in [1.54, 1.807) is 17.6 Å². The molecule has 1 aromatic carbocycles. The molecule has 0 spiro atoms. The van der Waals surface area contributed by atoms with Crippen LogP contribution < -0.4 is 10.1 Å². The monoisotopic (exact) mass is 301 g/mol. The average molecular weight is 301 g/mol. The molecular weight excluding hydrogens is 278 g/mol. The first kappa shape index (κ1) is 14.6. The van der Waals surface area contributed by atoms with Crippen molar-refractivity contribution in [3.63, 3.8) is 0 Å². The van der Waals surface area contributed by atoms with Gasteiger partial charge in [0.15, 0.2) is 0 Å². The van der Waals surface area contributed by atoms with Gasteiger partial charge in [0.1, 0.15) is 5.75 Å². The minimum absolute atomic E-state index is 0.237. The summed E-state index contributed by atoms with van der Waals surface area (Å²) in [5.74, 6) is 0.972. The largest absolute Gasteiger partial charge is 0.496 e. The summed E-state index contributed by atoms with van der Waals surface area (Å²) in [4.78, 5) is 3.00. The number of nitrogens with one attached hydrogen (secondary N) is 1. The van der Waals surface area contributed by atoms with E-state index in [2.05, 4.69) is 43.4 Å². The summed E-state index contributed by atoms with van der Waals surface area (Å²) >= 11 is 1.97. The van der Waals surface area contributed by atoms with E-state index in [0.29, 0.717) is 0 Å². The number of ether oxygens (including phenoxy) is 1. The van der Waals surface area contributed by atoms with E-state index < -0.39 is 0 Å². The predicted molar refractivity (Wildman–Crippen MR) is 89.6 cm³/mol. The van der Waals surface area contributed by atoms with Crippen LogP contribution in [0.5, 0.6) is 5.75 Å². The van der Waals surface area contributed by atoms with Crippen LogP contribution in [0.15, 0.2) is 24.3 Å². The molecule has 0 aliphatic heterocycles. The van der Waals surface area contributed by atoms with E-state index in [1.165, 1.54) is 35.3 Å². The topological polar surface area (TPSA) is 21.3 Å². The Bertz CT molecular complexity index is 611. The number of methoxy groups -OCH3 is 1. The van der Waals surface area contributed by atoms with Crippen LogP contribution in [0.3, 0.4) is 0 Å². The quantitative estimate of drug-likeness (QED) is 0.891. The van der Waals surface area contributed by atoms with Crippen LogP contribution in [-0.4, -0.2) is 13.7 Å². The van der Waals surface area contributed by atoms with E-state index in [1.807, 2.05) is 11.3 Å². The zero-order valence-electron chi connectivity index (χ0n) is 13.0. The lowest BCUT2D eigenvalue weighted by molar-refractivity contribution is 0.404. The molecule has 3 rings (SSSR count). The second-order valence-electron chi connectivity index (χ2n) is 5.69. The highest BCUT2D eigenvalue weighted by molar-refractivity contribution is 7.12. The third-order valence-corrected chi connectivity index (χ3v) is 5.46. The van der Waals surface area contributed by atoms with Crippen LogP contribution in [-0.2, 0) is 12.8 Å². The molecule has 0 bridgehead atoms. The van der Waals surface area contributed by atoms with Gasteiger partial charge in [-0.25, -0.2) is 0 Å². The molecule has 1 unspecified atom stereocenters. The van der Waals surface area contributed by atoms with Gasteiger partial charge in [-0.2, -0.15) is 0 Å². The fourth-order valence-electron chi connectivity index (χ4n) is 3.14. The van der Waals surface area contributed by atoms with E-state index in [9.17, 15) is 0 Å². The molecule has 0 fully saturated rings. The van der Waals surface area contributed by atoms with Crippen molar-refractivity contribution in [3.05, 3.63) is 50.7 Å². The fraction of sp³-hybridized carbons (Fsp3) is 0.444. The highest BCUT2D eigenvalue weighted by Gasteiger charge is 2.23. The Morgan fingerprint density at radius 1 is 1.29 bits per heavy atom. The van der Waals surface area contributed by atoms with Gasteiger partial charge in [-0.1, -0.05) is 24.6 Å². The molecule has 0 amide bonds. The molecule has 1 aromatic heterocycles. The van der Waals surface area contributed by atoms with Crippen LogP contribution in [0, 0.1) is 6.92 Å². The van der Waals surface area contributed by atoms with Crippen molar-refractivity contribution >= 4 is 11.3 Å². The number of rotatable bonds is 5. The Morgan fingerprint density at radius 2 is 2.14 bits per heavy atom. The van der Waals surface area contributed by atoms with E-state index >= 15 is 0 Å². The molecule has 0 saturated carbocycles. The number of hydrogen-bond donors (Lipinski definition) is 1. The van der Waals surface area contributed by atoms with Gasteiger partial charge in [-0.3, -0.25) is 0 Å². The summed E-state index contributed by atoms with van der Waals surface area (Å²) in [5, 5.41) is 3.64. The molecule has 1 atom stereocenters. The molecule has 1 aliphatic carbocycles. The highest BCUT2D eigenvalue weighted by atomic mass is 32.1. The van der Waals surface area contributed by atoms with E-state index in [-0.39, 0.29) is 6.04 Å². The Hall–Kier alpha value is -1.32. The first-order valence-corrected chi connectivity index (χ1v) is 8.54. The van der Waals surface area contributed by atoms with Gasteiger partial charge in [0.05, 0.1) is 13.2 Å². The van der Waals surface area contributed by atoms with Gasteiger partial charge in [0.25, 0.3) is 0 Å². The van der Waals surface area contributed by atoms with Crippen molar-refractivity contribution < 1.29 is 4.74 Å². The van der Waals surface area contributed by atoms with Gasteiger partial charge in [0, 0.05) is 15.3 Å². The zero-order chi connectivity index (χ0) is 14.8. The van der Waals surface area contributed by atoms with Crippen LogP contribution in [0.25, 0.3) is 0 Å². The minimum Gasteiger partial charge on any atom is -0.496 e. The molecule has 3 heteroatoms. The molecule has 0 saturated heterocycles. The summed E-state index contributed by atoms with van der Waals surface area (Å²) in [6.45, 7) is 5.25. The summed E-state index contributed by atoms with van der Waals surface area (Å²) in [6.07, 6.45) is 3.82. The summed E-state index contributed by atoms with van der Waals surface area (Å²) in [5.41, 5.74) is 4.08. The highest BCUT2D eigenvalue weighted by Crippen LogP contribution is 2.38. The first-order valence-electron chi connectivity index (χ1n) is 7.72. The van der Waals surface area contributed by atoms with Crippen LogP contribution >= 0.6 is 11.3 Å². The number of benzene rings is 1. The Balaban J connectivity index is 2.02. The van der Waals surface area contributed by atoms with Crippen molar-refractivity contribution in [3.8, 4) is 5.75 Å². The van der Waals surface area contributed by atoms with Gasteiger partial charge in [0.2, 0.25) is 0 Å². The van der Waals surface area contributed by atoms with Gasteiger partial charge >= 0.3 is 0 Å². The summed E-state index contributed by atoms with van der Waals surface area (Å²) in [6, 6.07) is 9.08. The normalized spacial score (nSPS) is 15.0. The van der Waals surface area contributed by atoms with Crippen LogP contribution in [0.4, 0.5) is 0 Å². The summed E-state index contributed by atoms with van der Waals surface area (Å²) in [7, 11) is 1.76. The molecule has 2 aromatic rings. The Labute approximate surface area is 131 Å². The maximum absolute atomic E-state index is 5.59. The Morgan fingerprint density at radius 3 is 2.86 bits per heavy atom. The molecule has 1 N–H and O–H groups in total. The average Bonchev–Trinajstić information content (AvgIpc) is 3.06. The standard InChI is InChI=1S/C18H23NOS/c1-4-19-18(14-10-12(2)8-9-15(14)20-3)17-11-13-6-5-7-16(13)21-17/h8-11,18-19H,4-7H2,1-3H3. The van der Waals surface area contributed by atoms with E-state index in [4.69, 9.17) is 4.74 Å². The van der Waals surface area contributed by atoms with E-state index in [0.717, 1.165) is 12.3 Å². The minimum atomic E-state index is 0.237. The lowest BCUT2D eigenvalue weighted by Gasteiger charge is -2.20. The van der Waals surface area contributed by atoms with Gasteiger partial charge in [-0.15, -0.1) is 11.3 Å². The second kappa shape index (κ2) is 6.20. The van der Waals surface area contributed by atoms with Crippen LogP contribution in [0.2, 0.25) is 0 Å². The van der Waals surface area contributed by atoms with Crippen molar-refractivity contribution in [2.75, 3.05) is 13.7 Å². The lowest BCUT2D eigenvalue weighted by Crippen LogP contribution is -2.21. The maximum Gasteiger partial charge on any atom is 0.124 e. The predicted octanol–water partition coefficient (Wildman–Crippen LogP) is 4.25. The molecule has 2 nitrogen and oxygen atoms in total. The first-order chi connectivity index (χ1) is 10.2. The molecule has 112 valence electrons. The molecule has 0 radical (unpaired) electrons. The van der Waals surface area contributed by atoms with Crippen molar-refractivity contribution in [2.45, 2.75) is 39.2 Å². The number of fused-ring (bicyclic) bond motifs is 1. The second-order valence-corrected chi connectivity index (χ2v) is 6.86. The molecule has 1 heterocycles. The molecular formula is C18H23NOS. The lowest BCUT2D eigenvalue weighted by atomic mass is 10.0. The number of thiophene rings is 1. The van der Waals surface area contributed by atoms with Gasteiger partial charge in [-0.05, 0) is 50.4 Å². The number of hydrogen-bond acceptors (Lipinski definition) is 3. The third kappa shape index (κ3) is 2.85. The number of aryl methyl sites for hydroxylation is 3. The molecule has 21 heavy (non-hydrogen) atoms. The maximum atomic E-state index is 5.59. The van der Waals surface area contributed by atoms with Crippen LogP contribution in [0.1, 0.15) is 45.8 Å². The fourth-order valence-corrected chi connectivity index (χ4v) is 4.49. The van der Waals surface area contributed by atoms with Crippen molar-refractivity contribution in [1.82, 2.24) is 5.32 Å². The SMILES string of the molecule is CCNC(c1cc2c(s1)CCC2)c1cc(C)ccc1OC. The van der Waals surface area contributed by atoms with Gasteiger partial charge < -0.3 is 10.1 Å². The van der Waals surface area contributed by atoms with Crippen molar-refractivity contribution in [2.24, 2.45) is 0 Å². The summed E-state index contributed by atoms with van der Waals surface area (Å²) < 4.78 is 5.59. The smallest absolute Gasteiger partial charge is 0.124 e.